The molecule has 8 rings (SSSR count). The van der Waals surface area contributed by atoms with Crippen LogP contribution in [0.2, 0.25) is 0 Å². The largest absolute Gasteiger partial charge is 0.508 e. The van der Waals surface area contributed by atoms with Crippen LogP contribution in [0.15, 0.2) is 212 Å². The van der Waals surface area contributed by atoms with Crippen LogP contribution < -0.4 is 9.47 Å². The van der Waals surface area contributed by atoms with Crippen molar-refractivity contribution in [2.45, 2.75) is 94.8 Å². The van der Waals surface area contributed by atoms with Gasteiger partial charge in [-0.1, -0.05) is 187 Å². The van der Waals surface area contributed by atoms with Crippen LogP contribution in [-0.2, 0) is 16.2 Å². The summed E-state index contributed by atoms with van der Waals surface area (Å²) in [6.45, 7) is 6.28. The summed E-state index contributed by atoms with van der Waals surface area (Å²) in [4.78, 5) is 47.2. The van der Waals surface area contributed by atoms with E-state index >= 15 is 0 Å². The number of hydrogen-bond donors (Lipinski definition) is 1. The molecule has 0 fully saturated rings. The summed E-state index contributed by atoms with van der Waals surface area (Å²) in [5.74, 6) is -0.348. The lowest BCUT2D eigenvalue weighted by Gasteiger charge is -2.25. The SMILES string of the molecule is CCCCC(C#[N+][O-])(c1ccccc1)c1ccc(O)cc1.CCCCC(C#[N+][O-])(c1ccccc1)c1ccc(OC(=O)c2ccc(C(=O)Oc3ccc(C(C#[N+][O-])(CCCC)c4ccccc4)cc3)cc2)cc1.O=C(Cl)c1ccc(C(=O)Cl)cc1. The van der Waals surface area contributed by atoms with Crippen LogP contribution in [0.25, 0.3) is 15.0 Å². The van der Waals surface area contributed by atoms with E-state index in [0.29, 0.717) is 35.5 Å². The third kappa shape index (κ3) is 17.0. The van der Waals surface area contributed by atoms with Gasteiger partial charge in [0.15, 0.2) is 16.2 Å². The van der Waals surface area contributed by atoms with Crippen molar-refractivity contribution in [3.63, 3.8) is 0 Å². The topological polar surface area (TPSA) is 189 Å². The minimum absolute atomic E-state index is 0.204. The van der Waals surface area contributed by atoms with Crippen molar-refractivity contribution in [3.05, 3.63) is 299 Å². The number of phenolic OH excluding ortho intramolecular Hbond substituents is 1. The Labute approximate surface area is 505 Å². The lowest BCUT2D eigenvalue weighted by molar-refractivity contribution is 0.0720. The maximum atomic E-state index is 13.0. The number of esters is 2. The normalized spacial score (nSPS) is 12.4. The Morgan fingerprint density at radius 1 is 0.388 bits per heavy atom. The molecule has 3 unspecified atom stereocenters. The number of unbranched alkanes of at least 4 members (excludes halogenated alkanes) is 3. The van der Waals surface area contributed by atoms with Crippen LogP contribution >= 0.6 is 23.2 Å². The molecule has 0 radical (unpaired) electrons. The zero-order valence-electron chi connectivity index (χ0n) is 47.3. The fraction of sp³-hybridized carbons (Fsp3) is 0.214. The van der Waals surface area contributed by atoms with E-state index in [1.54, 1.807) is 36.4 Å². The number of halogens is 2. The van der Waals surface area contributed by atoms with Crippen LogP contribution in [0.3, 0.4) is 0 Å². The van der Waals surface area contributed by atoms with E-state index in [0.717, 1.165) is 78.3 Å². The second kappa shape index (κ2) is 32.2. The first-order valence-corrected chi connectivity index (χ1v) is 28.5. The lowest BCUT2D eigenvalue weighted by atomic mass is 9.72. The van der Waals surface area contributed by atoms with Crippen LogP contribution in [-0.4, -0.2) is 27.5 Å². The van der Waals surface area contributed by atoms with E-state index in [-0.39, 0.29) is 16.9 Å². The summed E-state index contributed by atoms with van der Waals surface area (Å²) in [7, 11) is 0. The average molecular weight is 1180 g/mol. The third-order valence-electron chi connectivity index (χ3n) is 14.4. The molecule has 0 aliphatic heterocycles. The van der Waals surface area contributed by atoms with Gasteiger partial charge in [-0.15, -0.1) is 0 Å². The Hall–Kier alpha value is -9.71. The van der Waals surface area contributed by atoms with Gasteiger partial charge in [0.2, 0.25) is 0 Å². The van der Waals surface area contributed by atoms with Gasteiger partial charge in [0, 0.05) is 26.2 Å². The summed E-state index contributed by atoms with van der Waals surface area (Å²) in [6, 6.07) is 70.2. The fourth-order valence-electron chi connectivity index (χ4n) is 9.82. The van der Waals surface area contributed by atoms with Crippen LogP contribution in [0, 0.1) is 33.8 Å². The van der Waals surface area contributed by atoms with E-state index < -0.39 is 38.7 Å². The van der Waals surface area contributed by atoms with E-state index in [9.17, 15) is 39.9 Å². The Morgan fingerprint density at radius 3 is 0.882 bits per heavy atom. The summed E-state index contributed by atoms with van der Waals surface area (Å²) < 4.78 is 11.3. The molecule has 432 valence electrons. The van der Waals surface area contributed by atoms with Crippen molar-refractivity contribution < 1.29 is 33.8 Å². The van der Waals surface area contributed by atoms with Gasteiger partial charge in [-0.3, -0.25) is 9.59 Å². The number of rotatable bonds is 21. The summed E-state index contributed by atoms with van der Waals surface area (Å²) in [5.41, 5.74) is 4.20. The van der Waals surface area contributed by atoms with Crippen LogP contribution in [0.1, 0.15) is 153 Å². The minimum Gasteiger partial charge on any atom is -0.508 e. The zero-order chi connectivity index (χ0) is 61.1. The predicted octanol–water partition coefficient (Wildman–Crippen LogP) is 17.9. The Kier molecular flexibility index (Phi) is 24.4. The first-order valence-electron chi connectivity index (χ1n) is 27.7. The maximum absolute atomic E-state index is 13.0. The smallest absolute Gasteiger partial charge is 0.343 e. The molecular formula is C70H63Cl2N3O10. The number of benzene rings is 8. The quantitative estimate of drug-likeness (QED) is 0.0314. The van der Waals surface area contributed by atoms with E-state index in [4.69, 9.17) is 32.7 Å². The van der Waals surface area contributed by atoms with Crippen LogP contribution in [0.5, 0.6) is 17.2 Å². The molecule has 3 atom stereocenters. The van der Waals surface area contributed by atoms with Gasteiger partial charge in [-0.05, 0) is 161 Å². The van der Waals surface area contributed by atoms with Crippen molar-refractivity contribution in [2.75, 3.05) is 0 Å². The van der Waals surface area contributed by atoms with Gasteiger partial charge >= 0.3 is 30.1 Å². The van der Waals surface area contributed by atoms with Gasteiger partial charge in [-0.2, -0.15) is 0 Å². The molecule has 0 aliphatic rings. The molecule has 85 heavy (non-hydrogen) atoms. The number of ether oxygens (including phenoxy) is 2. The second-order valence-electron chi connectivity index (χ2n) is 19.8. The van der Waals surface area contributed by atoms with E-state index in [2.05, 4.69) is 54.0 Å². The number of carbonyl (C=O) groups excluding carboxylic acids is 4. The van der Waals surface area contributed by atoms with Gasteiger partial charge in [0.1, 0.15) is 17.2 Å². The predicted molar refractivity (Wildman–Crippen MR) is 336 cm³/mol. The number of nitrogens with zero attached hydrogens (tertiary/aromatic N) is 3. The summed E-state index contributed by atoms with van der Waals surface area (Å²) in [6.07, 6.45) is 7.60. The first-order chi connectivity index (χ1) is 41.2. The minimum atomic E-state index is -0.833. The van der Waals surface area contributed by atoms with Crippen molar-refractivity contribution in [2.24, 2.45) is 0 Å². The second-order valence-corrected chi connectivity index (χ2v) is 20.5. The van der Waals surface area contributed by atoms with Gasteiger partial charge in [-0.25, -0.2) is 9.59 Å². The average Bonchev–Trinajstić information content (AvgIpc) is 3.70. The molecule has 0 aliphatic carbocycles. The third-order valence-corrected chi connectivity index (χ3v) is 14.8. The molecule has 0 spiro atoms. The Bertz CT molecular complexity index is 3470. The van der Waals surface area contributed by atoms with E-state index in [1.807, 2.05) is 127 Å². The van der Waals surface area contributed by atoms with E-state index in [1.165, 1.54) is 48.5 Å². The molecule has 0 saturated heterocycles. The van der Waals surface area contributed by atoms with Crippen molar-refractivity contribution >= 4 is 45.6 Å². The highest BCUT2D eigenvalue weighted by Crippen LogP contribution is 2.41. The molecule has 0 saturated carbocycles. The first kappa shape index (κ1) is 64.5. The van der Waals surface area contributed by atoms with Crippen molar-refractivity contribution in [1.82, 2.24) is 0 Å². The van der Waals surface area contributed by atoms with Crippen LogP contribution in [0.4, 0.5) is 0 Å². The molecule has 0 heterocycles. The van der Waals surface area contributed by atoms with Gasteiger partial charge < -0.3 is 30.2 Å². The number of aromatic hydroxyl groups is 1. The molecule has 8 aromatic rings. The maximum Gasteiger partial charge on any atom is 0.343 e. The molecule has 13 nitrogen and oxygen atoms in total. The highest BCUT2D eigenvalue weighted by atomic mass is 35.5. The number of hydrogen-bond acceptors (Lipinski definition) is 10. The van der Waals surface area contributed by atoms with Crippen molar-refractivity contribution in [3.8, 4) is 35.5 Å². The Balaban J connectivity index is 0.000000284. The lowest BCUT2D eigenvalue weighted by Crippen LogP contribution is -2.26. The molecule has 15 heteroatoms. The monoisotopic (exact) mass is 1180 g/mol. The number of carbonyl (C=O) groups is 4. The fourth-order valence-corrected chi connectivity index (χ4v) is 10.1. The van der Waals surface area contributed by atoms with Gasteiger partial charge in [0.05, 0.1) is 11.1 Å². The van der Waals surface area contributed by atoms with Gasteiger partial charge in [0.25, 0.3) is 10.5 Å². The number of phenols is 1. The molecule has 0 aromatic heterocycles. The molecular weight excluding hydrogens is 1110 g/mol. The molecule has 8 aromatic carbocycles. The summed E-state index contributed by atoms with van der Waals surface area (Å²) >= 11 is 10.4. The Morgan fingerprint density at radius 2 is 0.635 bits per heavy atom. The highest BCUT2D eigenvalue weighted by Gasteiger charge is 2.41. The summed E-state index contributed by atoms with van der Waals surface area (Å²) in [5, 5.41) is 51.5. The molecule has 0 bridgehead atoms. The van der Waals surface area contributed by atoms with Crippen molar-refractivity contribution in [1.29, 1.82) is 0 Å². The standard InChI is InChI=1S/C44H40N2O6.C18H19NO2.C8H4Cl2O2/c1-3-5-29-43(31-45-49,35-13-9-7-10-14-35)37-21-25-39(26-22-37)51-41(47)33-17-19-34(20-18-33)42(48)52-40-27-23-38(24-28-40)44(32-46-50,30-6-4-2)36-15-11-8-12-16-36;1-2-3-13-18(14-19-21,15-7-5-4-6-8-15)16-9-11-17(20)12-10-16;9-7(11)5-1-2-6(4-3-5)8(10)12/h7-28H,3-6,29-30H2,1-2H3;4-12,20H,2-3,13H2,1H3;1-4H. The highest BCUT2D eigenvalue weighted by molar-refractivity contribution is 6.68. The zero-order valence-corrected chi connectivity index (χ0v) is 48.8. The molecule has 0 amide bonds. The molecule has 1 N–H and O–H groups in total.